The molecular formula is C13H22N2O2S2. The number of sulfonamides is 1. The van der Waals surface area contributed by atoms with Crippen LogP contribution < -0.4 is 5.73 Å². The van der Waals surface area contributed by atoms with E-state index in [9.17, 15) is 8.42 Å². The van der Waals surface area contributed by atoms with E-state index in [1.807, 2.05) is 38.1 Å². The fourth-order valence-electron chi connectivity index (χ4n) is 1.74. The number of rotatable bonds is 8. The van der Waals surface area contributed by atoms with Crippen molar-refractivity contribution in [3.63, 3.8) is 0 Å². The van der Waals surface area contributed by atoms with Crippen LogP contribution in [0.2, 0.25) is 0 Å². The van der Waals surface area contributed by atoms with Crippen LogP contribution in [0.4, 0.5) is 5.69 Å². The molecule has 0 bridgehead atoms. The molecule has 0 spiro atoms. The monoisotopic (exact) mass is 302 g/mol. The molecule has 0 fully saturated rings. The molecule has 0 radical (unpaired) electrons. The van der Waals surface area contributed by atoms with Crippen molar-refractivity contribution in [2.75, 3.05) is 30.3 Å². The van der Waals surface area contributed by atoms with Crippen LogP contribution in [0.1, 0.15) is 20.3 Å². The maximum Gasteiger partial charge on any atom is 0.214 e. The molecule has 1 aromatic rings. The summed E-state index contributed by atoms with van der Waals surface area (Å²) < 4.78 is 25.7. The van der Waals surface area contributed by atoms with Crippen LogP contribution in [-0.2, 0) is 10.0 Å². The van der Waals surface area contributed by atoms with Crippen LogP contribution >= 0.6 is 11.8 Å². The number of hydrogen-bond donors (Lipinski definition) is 1. The minimum absolute atomic E-state index is 0.167. The Bertz CT molecular complexity index is 489. The van der Waals surface area contributed by atoms with E-state index in [1.54, 1.807) is 4.31 Å². The fourth-order valence-corrected chi connectivity index (χ4v) is 4.66. The minimum atomic E-state index is -3.13. The molecule has 108 valence electrons. The Labute approximate surface area is 120 Å². The highest BCUT2D eigenvalue weighted by Crippen LogP contribution is 2.20. The van der Waals surface area contributed by atoms with E-state index < -0.39 is 10.0 Å². The smallest absolute Gasteiger partial charge is 0.214 e. The summed E-state index contributed by atoms with van der Waals surface area (Å²) in [4.78, 5) is 1.01. The highest BCUT2D eigenvalue weighted by atomic mass is 32.2. The van der Waals surface area contributed by atoms with Crippen LogP contribution in [0.25, 0.3) is 0 Å². The Hall–Kier alpha value is -0.720. The van der Waals surface area contributed by atoms with Crippen molar-refractivity contribution in [1.82, 2.24) is 4.31 Å². The predicted octanol–water partition coefficient (Wildman–Crippen LogP) is 2.42. The molecule has 1 rings (SSSR count). The SMILES string of the molecule is CCCN(CC)S(=O)(=O)CCSc1cccc(N)c1. The van der Waals surface area contributed by atoms with E-state index in [0.29, 0.717) is 24.5 Å². The number of thioether (sulfide) groups is 1. The molecule has 0 atom stereocenters. The van der Waals surface area contributed by atoms with Gasteiger partial charge in [0.1, 0.15) is 0 Å². The quantitative estimate of drug-likeness (QED) is 0.592. The summed E-state index contributed by atoms with van der Waals surface area (Å²) in [6.45, 7) is 5.00. The molecule has 0 aliphatic rings. The third-order valence-corrected chi connectivity index (χ3v) is 5.89. The number of nitrogens with two attached hydrogens (primary N) is 1. The van der Waals surface area contributed by atoms with Gasteiger partial charge in [0.25, 0.3) is 0 Å². The van der Waals surface area contributed by atoms with Gasteiger partial charge in [0, 0.05) is 29.4 Å². The lowest BCUT2D eigenvalue weighted by atomic mass is 10.3. The van der Waals surface area contributed by atoms with E-state index in [-0.39, 0.29) is 5.75 Å². The maximum atomic E-state index is 12.1. The second-order valence-electron chi connectivity index (χ2n) is 4.23. The van der Waals surface area contributed by atoms with Gasteiger partial charge in [0.2, 0.25) is 10.0 Å². The van der Waals surface area contributed by atoms with Crippen molar-refractivity contribution in [2.24, 2.45) is 0 Å². The first-order valence-corrected chi connectivity index (χ1v) is 9.05. The Balaban J connectivity index is 2.51. The lowest BCUT2D eigenvalue weighted by Gasteiger charge is -2.19. The number of nitrogen functional groups attached to an aromatic ring is 1. The zero-order valence-corrected chi connectivity index (χ0v) is 13.1. The van der Waals surface area contributed by atoms with Gasteiger partial charge >= 0.3 is 0 Å². The van der Waals surface area contributed by atoms with Crippen molar-refractivity contribution in [2.45, 2.75) is 25.2 Å². The molecular weight excluding hydrogens is 280 g/mol. The lowest BCUT2D eigenvalue weighted by Crippen LogP contribution is -2.34. The maximum absolute atomic E-state index is 12.1. The second kappa shape index (κ2) is 7.77. The van der Waals surface area contributed by atoms with Gasteiger partial charge in [-0.2, -0.15) is 0 Å². The van der Waals surface area contributed by atoms with Gasteiger partial charge in [0.15, 0.2) is 0 Å². The summed E-state index contributed by atoms with van der Waals surface area (Å²) in [5.41, 5.74) is 6.39. The van der Waals surface area contributed by atoms with Gasteiger partial charge in [-0.3, -0.25) is 0 Å². The van der Waals surface area contributed by atoms with Gasteiger partial charge in [-0.15, -0.1) is 11.8 Å². The molecule has 19 heavy (non-hydrogen) atoms. The van der Waals surface area contributed by atoms with Gasteiger partial charge in [-0.25, -0.2) is 12.7 Å². The fraction of sp³-hybridized carbons (Fsp3) is 0.538. The van der Waals surface area contributed by atoms with Crippen LogP contribution in [-0.4, -0.2) is 37.3 Å². The first kappa shape index (κ1) is 16.3. The van der Waals surface area contributed by atoms with Crippen LogP contribution in [0.3, 0.4) is 0 Å². The zero-order chi connectivity index (χ0) is 14.3. The summed E-state index contributed by atoms with van der Waals surface area (Å²) in [6, 6.07) is 7.50. The molecule has 0 amide bonds. The van der Waals surface area contributed by atoms with E-state index in [1.165, 1.54) is 11.8 Å². The Kier molecular flexibility index (Phi) is 6.68. The van der Waals surface area contributed by atoms with Crippen LogP contribution in [0, 0.1) is 0 Å². The number of benzene rings is 1. The molecule has 0 aliphatic heterocycles. The van der Waals surface area contributed by atoms with Gasteiger partial charge in [-0.1, -0.05) is 19.9 Å². The molecule has 2 N–H and O–H groups in total. The molecule has 0 unspecified atom stereocenters. The van der Waals surface area contributed by atoms with Crippen molar-refractivity contribution in [3.8, 4) is 0 Å². The van der Waals surface area contributed by atoms with Crippen LogP contribution in [0.15, 0.2) is 29.2 Å². The summed E-state index contributed by atoms with van der Waals surface area (Å²) in [5.74, 6) is 0.715. The highest BCUT2D eigenvalue weighted by molar-refractivity contribution is 8.00. The van der Waals surface area contributed by atoms with Gasteiger partial charge in [0.05, 0.1) is 5.75 Å². The standard InChI is InChI=1S/C13H22N2O2S2/c1-3-8-15(4-2)19(16,17)10-9-18-13-7-5-6-12(14)11-13/h5-7,11H,3-4,8-10,14H2,1-2H3. The predicted molar refractivity (Wildman–Crippen MR) is 82.9 cm³/mol. The Morgan fingerprint density at radius 3 is 2.63 bits per heavy atom. The first-order valence-electron chi connectivity index (χ1n) is 6.45. The molecule has 6 heteroatoms. The summed E-state index contributed by atoms with van der Waals surface area (Å²) in [7, 11) is -3.13. The summed E-state index contributed by atoms with van der Waals surface area (Å²) in [5, 5.41) is 0. The first-order chi connectivity index (χ1) is 8.99. The molecule has 0 saturated heterocycles. The van der Waals surface area contributed by atoms with Crippen molar-refractivity contribution in [1.29, 1.82) is 0 Å². The van der Waals surface area contributed by atoms with Gasteiger partial charge < -0.3 is 5.73 Å². The summed E-state index contributed by atoms with van der Waals surface area (Å²) in [6.07, 6.45) is 0.843. The van der Waals surface area contributed by atoms with E-state index >= 15 is 0 Å². The zero-order valence-electron chi connectivity index (χ0n) is 11.5. The summed E-state index contributed by atoms with van der Waals surface area (Å²) >= 11 is 1.52. The third kappa shape index (κ3) is 5.42. The molecule has 0 heterocycles. The van der Waals surface area contributed by atoms with E-state index in [2.05, 4.69) is 0 Å². The number of hydrogen-bond acceptors (Lipinski definition) is 4. The second-order valence-corrected chi connectivity index (χ2v) is 7.49. The third-order valence-electron chi connectivity index (χ3n) is 2.69. The molecule has 0 aliphatic carbocycles. The van der Waals surface area contributed by atoms with Crippen molar-refractivity contribution < 1.29 is 8.42 Å². The van der Waals surface area contributed by atoms with Gasteiger partial charge in [-0.05, 0) is 24.6 Å². The highest BCUT2D eigenvalue weighted by Gasteiger charge is 2.18. The molecule has 1 aromatic carbocycles. The molecule has 0 saturated carbocycles. The normalized spacial score (nSPS) is 11.9. The van der Waals surface area contributed by atoms with Crippen LogP contribution in [0.5, 0.6) is 0 Å². The Morgan fingerprint density at radius 2 is 2.05 bits per heavy atom. The average Bonchev–Trinajstić information content (AvgIpc) is 2.35. The van der Waals surface area contributed by atoms with E-state index in [4.69, 9.17) is 5.73 Å². The molecule has 0 aromatic heterocycles. The number of anilines is 1. The largest absolute Gasteiger partial charge is 0.399 e. The average molecular weight is 302 g/mol. The minimum Gasteiger partial charge on any atom is -0.399 e. The van der Waals surface area contributed by atoms with E-state index in [0.717, 1.165) is 11.3 Å². The molecule has 4 nitrogen and oxygen atoms in total. The Morgan fingerprint density at radius 1 is 1.32 bits per heavy atom. The van der Waals surface area contributed by atoms with Crippen molar-refractivity contribution in [3.05, 3.63) is 24.3 Å². The lowest BCUT2D eigenvalue weighted by molar-refractivity contribution is 0.428. The topological polar surface area (TPSA) is 63.4 Å². The number of nitrogens with zero attached hydrogens (tertiary/aromatic N) is 1. The van der Waals surface area contributed by atoms with Crippen molar-refractivity contribution >= 4 is 27.5 Å².